The van der Waals surface area contributed by atoms with Crippen LogP contribution >= 0.6 is 0 Å². The molecule has 0 spiro atoms. The van der Waals surface area contributed by atoms with E-state index in [2.05, 4.69) is 54.5 Å². The Balaban J connectivity index is 2.86. The summed E-state index contributed by atoms with van der Waals surface area (Å²) in [6.45, 7) is 14.8. The van der Waals surface area contributed by atoms with Crippen LogP contribution in [0.3, 0.4) is 0 Å². The molecule has 1 aromatic rings. The van der Waals surface area contributed by atoms with Gasteiger partial charge in [0.1, 0.15) is 22.7 Å². The van der Waals surface area contributed by atoms with Crippen molar-refractivity contribution in [3.8, 4) is 11.5 Å². The smallest absolute Gasteiger partial charge is 0.123 e. The Hall–Kier alpha value is -1.18. The molecule has 2 heteroatoms. The van der Waals surface area contributed by atoms with E-state index in [1.807, 2.05) is 12.1 Å². The minimum atomic E-state index is -0.129. The normalized spacial score (nSPS) is 12.4. The monoisotopic (exact) mass is 264 g/mol. The van der Waals surface area contributed by atoms with Crippen LogP contribution in [0, 0.1) is 6.92 Å². The predicted molar refractivity (Wildman–Crippen MR) is 81.2 cm³/mol. The number of hydrogen-bond acceptors (Lipinski definition) is 2. The highest BCUT2D eigenvalue weighted by Crippen LogP contribution is 2.29. The van der Waals surface area contributed by atoms with Crippen molar-refractivity contribution >= 4 is 0 Å². The average Bonchev–Trinajstić information content (AvgIpc) is 2.32. The molecular weight excluding hydrogens is 236 g/mol. The average molecular weight is 264 g/mol. The Bertz CT molecular complexity index is 419. The summed E-state index contributed by atoms with van der Waals surface area (Å²) in [5, 5.41) is 0. The van der Waals surface area contributed by atoms with Crippen molar-refractivity contribution in [2.45, 2.75) is 72.5 Å². The van der Waals surface area contributed by atoms with E-state index in [0.717, 1.165) is 29.9 Å². The minimum Gasteiger partial charge on any atom is -0.488 e. The van der Waals surface area contributed by atoms with Crippen LogP contribution in [0.2, 0.25) is 0 Å². The van der Waals surface area contributed by atoms with Gasteiger partial charge in [-0.15, -0.1) is 0 Å². The summed E-state index contributed by atoms with van der Waals surface area (Å²) in [7, 11) is 0. The van der Waals surface area contributed by atoms with E-state index in [1.165, 1.54) is 0 Å². The third-order valence-corrected chi connectivity index (χ3v) is 3.63. The fourth-order valence-corrected chi connectivity index (χ4v) is 1.56. The molecule has 0 saturated carbocycles. The second kappa shape index (κ2) is 5.85. The molecule has 0 N–H and O–H groups in total. The van der Waals surface area contributed by atoms with E-state index in [9.17, 15) is 0 Å². The summed E-state index contributed by atoms with van der Waals surface area (Å²) < 4.78 is 12.0. The van der Waals surface area contributed by atoms with Gasteiger partial charge in [0.15, 0.2) is 0 Å². The van der Waals surface area contributed by atoms with E-state index >= 15 is 0 Å². The maximum Gasteiger partial charge on any atom is 0.123 e. The standard InChI is InChI=1S/C17H28O2/c1-8-16(4,5)18-14-10-11-15(13(3)12-14)19-17(6,7)9-2/h10-12H,8-9H2,1-7H3. The van der Waals surface area contributed by atoms with E-state index in [4.69, 9.17) is 9.47 Å². The first-order chi connectivity index (χ1) is 8.69. The fourth-order valence-electron chi connectivity index (χ4n) is 1.56. The van der Waals surface area contributed by atoms with Crippen molar-refractivity contribution in [1.29, 1.82) is 0 Å². The molecule has 0 aliphatic carbocycles. The van der Waals surface area contributed by atoms with Gasteiger partial charge in [-0.1, -0.05) is 13.8 Å². The first kappa shape index (κ1) is 15.9. The zero-order chi connectivity index (χ0) is 14.7. The molecule has 108 valence electrons. The van der Waals surface area contributed by atoms with Crippen molar-refractivity contribution < 1.29 is 9.47 Å². The highest BCUT2D eigenvalue weighted by molar-refractivity contribution is 5.39. The number of benzene rings is 1. The van der Waals surface area contributed by atoms with Crippen molar-refractivity contribution in [1.82, 2.24) is 0 Å². The molecule has 1 aromatic carbocycles. The van der Waals surface area contributed by atoms with E-state index in [1.54, 1.807) is 0 Å². The number of aryl methyl sites for hydroxylation is 1. The van der Waals surface area contributed by atoms with Gasteiger partial charge in [0, 0.05) is 0 Å². The van der Waals surface area contributed by atoms with Crippen LogP contribution in [-0.4, -0.2) is 11.2 Å². The lowest BCUT2D eigenvalue weighted by Gasteiger charge is -2.28. The first-order valence-electron chi connectivity index (χ1n) is 7.18. The Morgan fingerprint density at radius 3 is 1.89 bits per heavy atom. The van der Waals surface area contributed by atoms with Crippen LogP contribution in [0.25, 0.3) is 0 Å². The lowest BCUT2D eigenvalue weighted by atomic mass is 10.1. The molecule has 0 heterocycles. The first-order valence-corrected chi connectivity index (χ1v) is 7.18. The van der Waals surface area contributed by atoms with Gasteiger partial charge in [0.25, 0.3) is 0 Å². The maximum atomic E-state index is 6.04. The Labute approximate surface area is 118 Å². The molecule has 19 heavy (non-hydrogen) atoms. The zero-order valence-electron chi connectivity index (χ0n) is 13.5. The van der Waals surface area contributed by atoms with E-state index in [-0.39, 0.29) is 11.2 Å². The molecule has 0 aliphatic heterocycles. The molecule has 0 saturated heterocycles. The number of hydrogen-bond donors (Lipinski definition) is 0. The van der Waals surface area contributed by atoms with Gasteiger partial charge in [0.2, 0.25) is 0 Å². The molecule has 0 atom stereocenters. The SMILES string of the molecule is CCC(C)(C)Oc1ccc(OC(C)(C)CC)c(C)c1. The summed E-state index contributed by atoms with van der Waals surface area (Å²) in [6, 6.07) is 6.05. The lowest BCUT2D eigenvalue weighted by molar-refractivity contribution is 0.0992. The summed E-state index contributed by atoms with van der Waals surface area (Å²) in [5.41, 5.74) is 0.860. The number of rotatable bonds is 6. The van der Waals surface area contributed by atoms with Gasteiger partial charge >= 0.3 is 0 Å². The van der Waals surface area contributed by atoms with Crippen LogP contribution in [0.1, 0.15) is 59.9 Å². The van der Waals surface area contributed by atoms with Crippen molar-refractivity contribution in [2.24, 2.45) is 0 Å². The third-order valence-electron chi connectivity index (χ3n) is 3.63. The highest BCUT2D eigenvalue weighted by Gasteiger charge is 2.20. The molecular formula is C17H28O2. The largest absolute Gasteiger partial charge is 0.488 e. The molecule has 0 unspecified atom stereocenters. The Morgan fingerprint density at radius 1 is 0.895 bits per heavy atom. The maximum absolute atomic E-state index is 6.04. The molecule has 0 fully saturated rings. The van der Waals surface area contributed by atoms with Gasteiger partial charge < -0.3 is 9.47 Å². The Kier molecular flexibility index (Phi) is 4.89. The molecule has 2 nitrogen and oxygen atoms in total. The lowest BCUT2D eigenvalue weighted by Crippen LogP contribution is -2.28. The second-order valence-corrected chi connectivity index (χ2v) is 6.36. The van der Waals surface area contributed by atoms with Gasteiger partial charge in [-0.05, 0) is 71.2 Å². The summed E-state index contributed by atoms with van der Waals surface area (Å²) in [5.74, 6) is 1.85. The van der Waals surface area contributed by atoms with Gasteiger partial charge in [-0.3, -0.25) is 0 Å². The van der Waals surface area contributed by atoms with Crippen molar-refractivity contribution in [3.05, 3.63) is 23.8 Å². The molecule has 0 aromatic heterocycles. The van der Waals surface area contributed by atoms with Crippen LogP contribution < -0.4 is 9.47 Å². The van der Waals surface area contributed by atoms with Crippen LogP contribution in [-0.2, 0) is 0 Å². The molecule has 0 radical (unpaired) electrons. The molecule has 0 amide bonds. The van der Waals surface area contributed by atoms with Crippen molar-refractivity contribution in [2.75, 3.05) is 0 Å². The quantitative estimate of drug-likeness (QED) is 0.709. The van der Waals surface area contributed by atoms with Gasteiger partial charge in [0.05, 0.1) is 0 Å². The minimum absolute atomic E-state index is 0.127. The van der Waals surface area contributed by atoms with Crippen LogP contribution in [0.4, 0.5) is 0 Å². The third kappa shape index (κ3) is 4.77. The fraction of sp³-hybridized carbons (Fsp3) is 0.647. The predicted octanol–water partition coefficient (Wildman–Crippen LogP) is 5.13. The summed E-state index contributed by atoms with van der Waals surface area (Å²) >= 11 is 0. The summed E-state index contributed by atoms with van der Waals surface area (Å²) in [6.07, 6.45) is 1.96. The van der Waals surface area contributed by atoms with Gasteiger partial charge in [-0.2, -0.15) is 0 Å². The molecule has 1 rings (SSSR count). The van der Waals surface area contributed by atoms with E-state index in [0.29, 0.717) is 0 Å². The topological polar surface area (TPSA) is 18.5 Å². The second-order valence-electron chi connectivity index (χ2n) is 6.36. The van der Waals surface area contributed by atoms with Crippen LogP contribution in [0.5, 0.6) is 11.5 Å². The highest BCUT2D eigenvalue weighted by atomic mass is 16.5. The number of ether oxygens (including phenoxy) is 2. The molecule has 0 aliphatic rings. The zero-order valence-corrected chi connectivity index (χ0v) is 13.5. The molecule has 0 bridgehead atoms. The Morgan fingerprint density at radius 2 is 1.42 bits per heavy atom. The van der Waals surface area contributed by atoms with E-state index < -0.39 is 0 Å². The van der Waals surface area contributed by atoms with Crippen molar-refractivity contribution in [3.63, 3.8) is 0 Å². The van der Waals surface area contributed by atoms with Gasteiger partial charge in [-0.25, -0.2) is 0 Å². The summed E-state index contributed by atoms with van der Waals surface area (Å²) in [4.78, 5) is 0. The van der Waals surface area contributed by atoms with Crippen LogP contribution in [0.15, 0.2) is 18.2 Å².